The molecule has 0 atom stereocenters. The van der Waals surface area contributed by atoms with Crippen molar-refractivity contribution in [2.75, 3.05) is 6.61 Å². The fourth-order valence-corrected chi connectivity index (χ4v) is 1.80. The number of phenolic OH excluding ortho intramolecular Hbond substituents is 2. The van der Waals surface area contributed by atoms with E-state index in [4.69, 9.17) is 25.4 Å². The van der Waals surface area contributed by atoms with Gasteiger partial charge in [0.2, 0.25) is 0 Å². The molecule has 9 heteroatoms. The minimum absolute atomic E-state index is 0.124. The number of phenols is 2. The van der Waals surface area contributed by atoms with Crippen LogP contribution in [0.3, 0.4) is 0 Å². The van der Waals surface area contributed by atoms with E-state index in [1.54, 1.807) is 13.0 Å². The third-order valence-electron chi connectivity index (χ3n) is 3.15. The van der Waals surface area contributed by atoms with Crippen LogP contribution in [0.1, 0.15) is 22.8 Å². The number of aromatic carboxylic acids is 1. The number of carbonyl (C=O) groups is 2. The van der Waals surface area contributed by atoms with Gasteiger partial charge < -0.3 is 30.1 Å². The van der Waals surface area contributed by atoms with E-state index in [2.05, 4.69) is 4.74 Å². The van der Waals surface area contributed by atoms with Crippen LogP contribution in [0.25, 0.3) is 6.08 Å². The van der Waals surface area contributed by atoms with Gasteiger partial charge in [0.15, 0.2) is 11.5 Å². The number of rotatable bonds is 5. The van der Waals surface area contributed by atoms with Gasteiger partial charge in [-0.05, 0) is 48.3 Å². The Bertz CT molecular complexity index is 800. The van der Waals surface area contributed by atoms with E-state index in [0.29, 0.717) is 12.2 Å². The third-order valence-corrected chi connectivity index (χ3v) is 3.15. The van der Waals surface area contributed by atoms with Crippen LogP contribution in [0.4, 0.5) is 0 Å². The molecule has 0 aliphatic rings. The molecule has 0 unspecified atom stereocenters. The highest BCUT2D eigenvalue weighted by atomic mass is 16.5. The standard InChI is InChI=1S/C11H12O4.C7H7BO4/c1-2-15-11(14)6-4-8-3-5-9(12)10(13)7-8;9-7(10)5-1-3-6(4-2-5)8(11)12/h3-7,12-13H,2H2,1H3;1-4,11-12H,(H,9,10)/b6-4+;. The topological polar surface area (TPSA) is 145 Å². The van der Waals surface area contributed by atoms with Crippen molar-refractivity contribution in [3.63, 3.8) is 0 Å². The molecular weight excluding hydrogens is 355 g/mol. The van der Waals surface area contributed by atoms with Crippen molar-refractivity contribution < 1.29 is 39.7 Å². The molecule has 0 aliphatic carbocycles. The first-order chi connectivity index (χ1) is 12.7. The molecule has 0 radical (unpaired) electrons. The summed E-state index contributed by atoms with van der Waals surface area (Å²) in [5.74, 6) is -1.89. The van der Waals surface area contributed by atoms with Crippen LogP contribution >= 0.6 is 0 Å². The summed E-state index contributed by atoms with van der Waals surface area (Å²) in [6, 6.07) is 9.62. The molecule has 8 nitrogen and oxygen atoms in total. The highest BCUT2D eigenvalue weighted by Crippen LogP contribution is 2.25. The van der Waals surface area contributed by atoms with Gasteiger partial charge in [0.1, 0.15) is 0 Å². The van der Waals surface area contributed by atoms with E-state index in [-0.39, 0.29) is 22.5 Å². The largest absolute Gasteiger partial charge is 0.504 e. The number of ether oxygens (including phenoxy) is 1. The highest BCUT2D eigenvalue weighted by molar-refractivity contribution is 6.58. The molecule has 0 aliphatic heterocycles. The number of esters is 1. The second-order valence-electron chi connectivity index (χ2n) is 5.13. The van der Waals surface area contributed by atoms with Crippen LogP contribution in [0, 0.1) is 0 Å². The summed E-state index contributed by atoms with van der Waals surface area (Å²) in [7, 11) is -1.55. The maximum absolute atomic E-state index is 10.9. The molecule has 2 aromatic rings. The van der Waals surface area contributed by atoms with Crippen LogP contribution in [0.5, 0.6) is 11.5 Å². The highest BCUT2D eigenvalue weighted by Gasteiger charge is 2.10. The van der Waals surface area contributed by atoms with Crippen molar-refractivity contribution in [2.24, 2.45) is 0 Å². The first-order valence-electron chi connectivity index (χ1n) is 7.80. The number of carboxylic acid groups (broad SMARTS) is 1. The molecule has 0 heterocycles. The summed E-state index contributed by atoms with van der Waals surface area (Å²) < 4.78 is 4.68. The van der Waals surface area contributed by atoms with Crippen LogP contribution in [0.15, 0.2) is 48.5 Å². The Morgan fingerprint density at radius 3 is 2.15 bits per heavy atom. The molecule has 5 N–H and O–H groups in total. The fourth-order valence-electron chi connectivity index (χ4n) is 1.80. The van der Waals surface area contributed by atoms with Gasteiger partial charge >= 0.3 is 19.1 Å². The molecule has 0 saturated heterocycles. The number of hydrogen-bond acceptors (Lipinski definition) is 7. The van der Waals surface area contributed by atoms with Gasteiger partial charge in [0.05, 0.1) is 12.2 Å². The van der Waals surface area contributed by atoms with Gasteiger partial charge in [-0.25, -0.2) is 9.59 Å². The third kappa shape index (κ3) is 7.64. The molecule has 2 aromatic carbocycles. The first kappa shape index (κ1) is 21.7. The number of aromatic hydroxyl groups is 2. The number of benzene rings is 2. The van der Waals surface area contributed by atoms with Gasteiger partial charge in [0, 0.05) is 6.08 Å². The second-order valence-corrected chi connectivity index (χ2v) is 5.13. The molecule has 142 valence electrons. The normalized spacial score (nSPS) is 10.0. The van der Waals surface area contributed by atoms with Gasteiger partial charge in [-0.2, -0.15) is 0 Å². The Hall–Kier alpha value is -3.30. The maximum atomic E-state index is 10.9. The lowest BCUT2D eigenvalue weighted by molar-refractivity contribution is -0.137. The Kier molecular flexibility index (Phi) is 8.57. The first-order valence-corrected chi connectivity index (χ1v) is 7.80. The lowest BCUT2D eigenvalue weighted by atomic mass is 9.80. The van der Waals surface area contributed by atoms with E-state index < -0.39 is 19.1 Å². The van der Waals surface area contributed by atoms with Crippen molar-refractivity contribution in [1.29, 1.82) is 0 Å². The average Bonchev–Trinajstić information content (AvgIpc) is 2.63. The monoisotopic (exact) mass is 374 g/mol. The zero-order chi connectivity index (χ0) is 20.4. The molecular formula is C18H19BO8. The van der Waals surface area contributed by atoms with Gasteiger partial charge in [0.25, 0.3) is 0 Å². The minimum Gasteiger partial charge on any atom is -0.504 e. The molecule has 0 bridgehead atoms. The molecule has 0 spiro atoms. The van der Waals surface area contributed by atoms with E-state index in [1.807, 2.05) is 0 Å². The molecule has 27 heavy (non-hydrogen) atoms. The molecule has 0 fully saturated rings. The van der Waals surface area contributed by atoms with Gasteiger partial charge in [-0.3, -0.25) is 0 Å². The quantitative estimate of drug-likeness (QED) is 0.223. The van der Waals surface area contributed by atoms with Crippen molar-refractivity contribution in [2.45, 2.75) is 6.92 Å². The Labute approximate surface area is 155 Å². The van der Waals surface area contributed by atoms with Crippen molar-refractivity contribution in [3.05, 3.63) is 59.7 Å². The van der Waals surface area contributed by atoms with Gasteiger partial charge in [-0.1, -0.05) is 18.2 Å². The Balaban J connectivity index is 0.000000277. The molecule has 0 aromatic heterocycles. The van der Waals surface area contributed by atoms with Crippen molar-refractivity contribution in [3.8, 4) is 11.5 Å². The zero-order valence-electron chi connectivity index (χ0n) is 14.4. The molecule has 0 amide bonds. The van der Waals surface area contributed by atoms with E-state index in [0.717, 1.165) is 0 Å². The number of hydrogen-bond donors (Lipinski definition) is 5. The average molecular weight is 374 g/mol. The number of carbonyl (C=O) groups excluding carboxylic acids is 1. The van der Waals surface area contributed by atoms with Crippen molar-refractivity contribution in [1.82, 2.24) is 0 Å². The summed E-state index contributed by atoms with van der Waals surface area (Å²) >= 11 is 0. The lowest BCUT2D eigenvalue weighted by Crippen LogP contribution is -2.29. The smallest absolute Gasteiger partial charge is 0.488 e. The van der Waals surface area contributed by atoms with Crippen molar-refractivity contribution >= 4 is 30.6 Å². The summed E-state index contributed by atoms with van der Waals surface area (Å²) in [5, 5.41) is 44.0. The summed E-state index contributed by atoms with van der Waals surface area (Å²) in [6.45, 7) is 2.04. The van der Waals surface area contributed by atoms with Crippen LogP contribution in [-0.2, 0) is 9.53 Å². The molecule has 0 saturated carbocycles. The predicted octanol–water partition coefficient (Wildman–Crippen LogP) is 0.739. The summed E-state index contributed by atoms with van der Waals surface area (Å²) in [6.07, 6.45) is 2.76. The predicted molar refractivity (Wildman–Crippen MR) is 98.7 cm³/mol. The fraction of sp³-hybridized carbons (Fsp3) is 0.111. The maximum Gasteiger partial charge on any atom is 0.488 e. The van der Waals surface area contributed by atoms with E-state index >= 15 is 0 Å². The lowest BCUT2D eigenvalue weighted by Gasteiger charge is -1.98. The van der Waals surface area contributed by atoms with Crippen LogP contribution in [-0.4, -0.2) is 51.0 Å². The second kappa shape index (κ2) is 10.6. The molecule has 2 rings (SSSR count). The number of carboxylic acids is 1. The van der Waals surface area contributed by atoms with Crippen LogP contribution in [0.2, 0.25) is 0 Å². The van der Waals surface area contributed by atoms with Gasteiger partial charge in [-0.15, -0.1) is 0 Å². The SMILES string of the molecule is CCOC(=O)/C=C/c1ccc(O)c(O)c1.O=C(O)c1ccc(B(O)O)cc1. The summed E-state index contributed by atoms with van der Waals surface area (Å²) in [4.78, 5) is 21.3. The zero-order valence-corrected chi connectivity index (χ0v) is 14.4. The van der Waals surface area contributed by atoms with E-state index in [1.165, 1.54) is 48.6 Å². The summed E-state index contributed by atoms with van der Waals surface area (Å²) in [5.41, 5.74) is 1.01. The van der Waals surface area contributed by atoms with Crippen LogP contribution < -0.4 is 5.46 Å². The Morgan fingerprint density at radius 2 is 1.67 bits per heavy atom. The van der Waals surface area contributed by atoms with E-state index in [9.17, 15) is 9.59 Å². The minimum atomic E-state index is -1.55. The Morgan fingerprint density at radius 1 is 1.04 bits per heavy atom.